The lowest BCUT2D eigenvalue weighted by Gasteiger charge is -2.34. The number of nitrogens with zero attached hydrogens (tertiary/aromatic N) is 3. The third kappa shape index (κ3) is 7.19. The van der Waals surface area contributed by atoms with Crippen molar-refractivity contribution in [2.24, 2.45) is 4.99 Å². The van der Waals surface area contributed by atoms with Gasteiger partial charge in [-0.05, 0) is 18.1 Å². The molecule has 1 heterocycles. The predicted octanol–water partition coefficient (Wildman–Crippen LogP) is 1.44. The van der Waals surface area contributed by atoms with Gasteiger partial charge in [0.25, 0.3) is 0 Å². The minimum atomic E-state index is 0. The van der Waals surface area contributed by atoms with E-state index in [0.29, 0.717) is 0 Å². The largest absolute Gasteiger partial charge is 0.355 e. The number of rotatable bonds is 5. The molecule has 2 rings (SSSR count). The molecule has 6 nitrogen and oxygen atoms in total. The number of amides is 1. The molecule has 0 aromatic heterocycles. The van der Waals surface area contributed by atoms with Crippen LogP contribution in [0.15, 0.2) is 29.3 Å². The molecule has 0 bridgehead atoms. The summed E-state index contributed by atoms with van der Waals surface area (Å²) in [5, 5.41) is 6.71. The minimum absolute atomic E-state index is 0. The van der Waals surface area contributed by atoms with Crippen LogP contribution >= 0.6 is 24.0 Å². The summed E-state index contributed by atoms with van der Waals surface area (Å²) in [6, 6.07) is 8.36. The van der Waals surface area contributed by atoms with Crippen LogP contribution in [0, 0.1) is 6.92 Å². The van der Waals surface area contributed by atoms with Gasteiger partial charge in [0, 0.05) is 59.8 Å². The fourth-order valence-electron chi connectivity index (χ4n) is 2.83. The number of hydrogen-bond donors (Lipinski definition) is 2. The van der Waals surface area contributed by atoms with Gasteiger partial charge in [0.15, 0.2) is 5.96 Å². The van der Waals surface area contributed by atoms with Crippen LogP contribution in [0.2, 0.25) is 0 Å². The number of carbonyl (C=O) groups is 1. The average molecular weight is 459 g/mol. The van der Waals surface area contributed by atoms with Crippen molar-refractivity contribution in [3.8, 4) is 0 Å². The highest BCUT2D eigenvalue weighted by Gasteiger charge is 2.17. The molecule has 0 spiro atoms. The van der Waals surface area contributed by atoms with Gasteiger partial charge in [0.1, 0.15) is 0 Å². The number of guanidine groups is 1. The fraction of sp³-hybridized carbons (Fsp3) is 0.556. The summed E-state index contributed by atoms with van der Waals surface area (Å²) in [6.45, 7) is 9.86. The van der Waals surface area contributed by atoms with Gasteiger partial charge in [-0.3, -0.25) is 14.7 Å². The molecule has 2 N–H and O–H groups in total. The molecule has 0 saturated carbocycles. The lowest BCUT2D eigenvalue weighted by atomic mass is 10.1. The first-order valence-electron chi connectivity index (χ1n) is 8.57. The van der Waals surface area contributed by atoms with Gasteiger partial charge in [0.05, 0.1) is 0 Å². The Labute approximate surface area is 168 Å². The van der Waals surface area contributed by atoms with Crippen molar-refractivity contribution in [3.05, 3.63) is 35.4 Å². The zero-order chi connectivity index (χ0) is 17.4. The first-order chi connectivity index (χ1) is 11.6. The van der Waals surface area contributed by atoms with Crippen molar-refractivity contribution in [1.82, 2.24) is 20.4 Å². The Morgan fingerprint density at radius 2 is 1.84 bits per heavy atom. The van der Waals surface area contributed by atoms with Gasteiger partial charge in [-0.25, -0.2) is 0 Å². The molecular weight excluding hydrogens is 429 g/mol. The Hall–Kier alpha value is -1.35. The molecule has 140 valence electrons. The van der Waals surface area contributed by atoms with E-state index >= 15 is 0 Å². The van der Waals surface area contributed by atoms with Gasteiger partial charge < -0.3 is 15.5 Å². The first-order valence-corrected chi connectivity index (χ1v) is 8.57. The highest BCUT2D eigenvalue weighted by Crippen LogP contribution is 2.06. The molecule has 1 fully saturated rings. The summed E-state index contributed by atoms with van der Waals surface area (Å²) in [6.07, 6.45) is 0. The normalized spacial score (nSPS) is 15.5. The van der Waals surface area contributed by atoms with Gasteiger partial charge >= 0.3 is 0 Å². The monoisotopic (exact) mass is 459 g/mol. The lowest BCUT2D eigenvalue weighted by Crippen LogP contribution is -2.50. The highest BCUT2D eigenvalue weighted by atomic mass is 127. The smallest absolute Gasteiger partial charge is 0.219 e. The number of aryl methyl sites for hydroxylation is 1. The number of aliphatic imine (C=N–C) groups is 1. The molecule has 7 heteroatoms. The second kappa shape index (κ2) is 11.3. The quantitative estimate of drug-likeness (QED) is 0.398. The molecule has 1 saturated heterocycles. The topological polar surface area (TPSA) is 60.0 Å². The molecule has 1 aliphatic rings. The van der Waals surface area contributed by atoms with Crippen LogP contribution in [0.1, 0.15) is 18.1 Å². The molecule has 1 aromatic carbocycles. The van der Waals surface area contributed by atoms with E-state index in [9.17, 15) is 4.79 Å². The van der Waals surface area contributed by atoms with Crippen LogP contribution in [0.4, 0.5) is 0 Å². The summed E-state index contributed by atoms with van der Waals surface area (Å²) in [4.78, 5) is 19.9. The zero-order valence-corrected chi connectivity index (χ0v) is 17.7. The number of nitrogens with one attached hydrogen (secondary N) is 2. The minimum Gasteiger partial charge on any atom is -0.355 e. The van der Waals surface area contributed by atoms with Crippen molar-refractivity contribution in [1.29, 1.82) is 0 Å². The fourth-order valence-corrected chi connectivity index (χ4v) is 2.83. The Morgan fingerprint density at radius 3 is 2.44 bits per heavy atom. The molecule has 1 aromatic rings. The molecule has 1 amide bonds. The van der Waals surface area contributed by atoms with Crippen molar-refractivity contribution in [2.75, 3.05) is 46.3 Å². The Balaban J connectivity index is 0.00000312. The summed E-state index contributed by atoms with van der Waals surface area (Å²) >= 11 is 0. The van der Waals surface area contributed by atoms with Crippen LogP contribution in [-0.2, 0) is 11.3 Å². The van der Waals surface area contributed by atoms with E-state index in [2.05, 4.69) is 51.7 Å². The molecular formula is C18H30IN5O. The van der Waals surface area contributed by atoms with E-state index in [1.54, 1.807) is 14.0 Å². The maximum Gasteiger partial charge on any atom is 0.219 e. The lowest BCUT2D eigenvalue weighted by molar-refractivity contribution is -0.130. The molecule has 0 atom stereocenters. The van der Waals surface area contributed by atoms with Crippen LogP contribution < -0.4 is 10.6 Å². The molecule has 0 unspecified atom stereocenters. The number of carbonyl (C=O) groups excluding carboxylic acids is 1. The SMILES string of the molecule is CN=C(NCCN1CCN(C(C)=O)CC1)NCc1ccccc1C.I. The molecule has 1 aliphatic heterocycles. The summed E-state index contributed by atoms with van der Waals surface area (Å²) in [5.74, 6) is 0.995. The maximum absolute atomic E-state index is 11.3. The summed E-state index contributed by atoms with van der Waals surface area (Å²) in [5.41, 5.74) is 2.56. The number of piperazine rings is 1. The summed E-state index contributed by atoms with van der Waals surface area (Å²) in [7, 11) is 1.79. The highest BCUT2D eigenvalue weighted by molar-refractivity contribution is 14.0. The Morgan fingerprint density at radius 1 is 1.16 bits per heavy atom. The van der Waals surface area contributed by atoms with Crippen molar-refractivity contribution in [2.45, 2.75) is 20.4 Å². The molecule has 0 aliphatic carbocycles. The second-order valence-electron chi connectivity index (χ2n) is 6.13. The van der Waals surface area contributed by atoms with E-state index in [4.69, 9.17) is 0 Å². The third-order valence-corrected chi connectivity index (χ3v) is 4.47. The van der Waals surface area contributed by atoms with Crippen LogP contribution in [0.5, 0.6) is 0 Å². The van der Waals surface area contributed by atoms with Gasteiger partial charge in [-0.1, -0.05) is 24.3 Å². The second-order valence-corrected chi connectivity index (χ2v) is 6.13. The van der Waals surface area contributed by atoms with E-state index in [1.807, 2.05) is 4.90 Å². The number of halogens is 1. The zero-order valence-electron chi connectivity index (χ0n) is 15.4. The van der Waals surface area contributed by atoms with Crippen LogP contribution in [-0.4, -0.2) is 68.0 Å². The van der Waals surface area contributed by atoms with E-state index in [1.165, 1.54) is 11.1 Å². The third-order valence-electron chi connectivity index (χ3n) is 4.47. The number of benzene rings is 1. The van der Waals surface area contributed by atoms with Crippen LogP contribution in [0.3, 0.4) is 0 Å². The van der Waals surface area contributed by atoms with E-state index < -0.39 is 0 Å². The standard InChI is InChI=1S/C18H29N5O.HI/c1-15-6-4-5-7-17(15)14-21-18(19-3)20-8-9-22-10-12-23(13-11-22)16(2)24;/h4-7H,8-14H2,1-3H3,(H2,19,20,21);1H. The molecule has 0 radical (unpaired) electrons. The average Bonchev–Trinajstić information content (AvgIpc) is 2.59. The van der Waals surface area contributed by atoms with Crippen LogP contribution in [0.25, 0.3) is 0 Å². The van der Waals surface area contributed by atoms with Crippen molar-refractivity contribution in [3.63, 3.8) is 0 Å². The van der Waals surface area contributed by atoms with Gasteiger partial charge in [-0.2, -0.15) is 0 Å². The van der Waals surface area contributed by atoms with Gasteiger partial charge in [-0.15, -0.1) is 24.0 Å². The number of hydrogen-bond acceptors (Lipinski definition) is 3. The van der Waals surface area contributed by atoms with E-state index in [0.717, 1.165) is 51.8 Å². The predicted molar refractivity (Wildman–Crippen MR) is 113 cm³/mol. The maximum atomic E-state index is 11.3. The van der Waals surface area contributed by atoms with Crippen molar-refractivity contribution >= 4 is 35.8 Å². The Kier molecular flexibility index (Phi) is 9.81. The Bertz CT molecular complexity index is 570. The van der Waals surface area contributed by atoms with Gasteiger partial charge in [0.2, 0.25) is 5.91 Å². The first kappa shape index (κ1) is 21.7. The molecule has 25 heavy (non-hydrogen) atoms. The summed E-state index contributed by atoms with van der Waals surface area (Å²) < 4.78 is 0. The van der Waals surface area contributed by atoms with Crippen molar-refractivity contribution < 1.29 is 4.79 Å². The van der Waals surface area contributed by atoms with E-state index in [-0.39, 0.29) is 29.9 Å².